The van der Waals surface area contributed by atoms with Gasteiger partial charge in [0.05, 0.1) is 26.0 Å². The topological polar surface area (TPSA) is 397 Å². The molecule has 3 fully saturated rings. The maximum Gasteiger partial charge on any atom is 0.472 e. The van der Waals surface area contributed by atoms with Gasteiger partial charge in [-0.15, -0.1) is 0 Å². The number of benzene rings is 2. The highest BCUT2D eigenvalue weighted by Crippen LogP contribution is 2.50. The molecule has 2 unspecified atom stereocenters. The molecule has 5 aromatic rings. The molecule has 3 aromatic heterocycles. The number of esters is 1. The molecule has 3 saturated heterocycles. The fraction of sp³-hybridized carbons (Fsp3) is 0.400. The van der Waals surface area contributed by atoms with Gasteiger partial charge in [0.15, 0.2) is 30.0 Å². The third-order valence-electron chi connectivity index (χ3n) is 11.4. The molecule has 10 atom stereocenters. The average Bonchev–Trinajstić information content (AvgIpc) is 4.11. The molecule has 3 aliphatic heterocycles. The molecule has 2 amide bonds. The molecule has 71 heavy (non-hydrogen) atoms. The van der Waals surface area contributed by atoms with Gasteiger partial charge in [0.1, 0.15) is 66.6 Å². The Hall–Kier alpha value is -6.33. The number of rotatable bonds is 17. The van der Waals surface area contributed by atoms with E-state index in [0.717, 1.165) is 28.1 Å². The molecular weight excluding hydrogens is 989 g/mol. The monoisotopic (exact) mass is 1030 g/mol. The Labute approximate surface area is 399 Å². The van der Waals surface area contributed by atoms with E-state index >= 15 is 0 Å². The van der Waals surface area contributed by atoms with Crippen LogP contribution >= 0.6 is 15.6 Å². The molecule has 28 nitrogen and oxygen atoms in total. The first-order chi connectivity index (χ1) is 33.7. The summed E-state index contributed by atoms with van der Waals surface area (Å²) >= 11 is 0. The van der Waals surface area contributed by atoms with E-state index in [0.29, 0.717) is 23.2 Å². The molecular formula is C40H45FN10O18P2. The minimum absolute atomic E-state index is 0.0116. The number of fused-ring (bicyclic) bond motifs is 1. The summed E-state index contributed by atoms with van der Waals surface area (Å²) in [7, 11) is -10.6. The van der Waals surface area contributed by atoms with E-state index in [1.165, 1.54) is 35.2 Å². The lowest BCUT2D eigenvalue weighted by Gasteiger charge is -2.27. The molecule has 8 rings (SSSR count). The number of hydrogen-bond donors (Lipinski definition) is 8. The van der Waals surface area contributed by atoms with Gasteiger partial charge in [-0.25, -0.2) is 42.9 Å². The molecule has 0 saturated carbocycles. The second-order valence-corrected chi connectivity index (χ2v) is 18.9. The number of phosphoric ester groups is 2. The van der Waals surface area contributed by atoms with Crippen molar-refractivity contribution in [3.05, 3.63) is 101 Å². The zero-order chi connectivity index (χ0) is 50.8. The van der Waals surface area contributed by atoms with E-state index < -0.39 is 108 Å². The van der Waals surface area contributed by atoms with Crippen LogP contribution in [-0.2, 0) is 64.3 Å². The van der Waals surface area contributed by atoms with Crippen molar-refractivity contribution in [3.8, 4) is 0 Å². The van der Waals surface area contributed by atoms with E-state index in [4.69, 9.17) is 39.5 Å². The number of nitrogens with one attached hydrogen (secondary N) is 1. The van der Waals surface area contributed by atoms with E-state index in [1.54, 1.807) is 24.3 Å². The number of carbonyl (C=O) groups excluding carboxylic acids is 3. The molecule has 380 valence electrons. The van der Waals surface area contributed by atoms with Gasteiger partial charge in [-0.3, -0.25) is 32.4 Å². The van der Waals surface area contributed by atoms with Crippen molar-refractivity contribution in [2.75, 3.05) is 36.5 Å². The number of hydrogen-bond acceptors (Lipinski definition) is 21. The van der Waals surface area contributed by atoms with Crippen LogP contribution < -0.4 is 22.5 Å². The molecule has 0 radical (unpaired) electrons. The normalized spacial score (nSPS) is 25.3. The Morgan fingerprint density at radius 2 is 1.52 bits per heavy atom. The number of phosphoric acid groups is 2. The van der Waals surface area contributed by atoms with Gasteiger partial charge >= 0.3 is 33.4 Å². The number of nitrogens with zero attached hydrogens (tertiary/aromatic N) is 7. The summed E-state index contributed by atoms with van der Waals surface area (Å²) in [5.41, 5.74) is 12.2. The number of aliphatic hydroxyl groups is 2. The number of nitrogens with two attached hydrogens (primary N) is 2. The van der Waals surface area contributed by atoms with Gasteiger partial charge in [0.25, 0.3) is 0 Å². The molecule has 2 aromatic carbocycles. The van der Waals surface area contributed by atoms with Crippen LogP contribution in [0.25, 0.3) is 11.2 Å². The Bertz CT molecular complexity index is 2910. The van der Waals surface area contributed by atoms with Crippen LogP contribution in [0.4, 0.5) is 26.5 Å². The maximum absolute atomic E-state index is 14.0. The zero-order valence-electron chi connectivity index (χ0n) is 36.7. The number of amides is 2. The lowest BCUT2D eigenvalue weighted by atomic mass is 10.1. The Kier molecular flexibility index (Phi) is 15.2. The lowest BCUT2D eigenvalue weighted by Crippen LogP contribution is -2.46. The fourth-order valence-electron chi connectivity index (χ4n) is 7.99. The SMILES string of the molecule is Nc1ccn([C@@H]2OC(COP(=O)(O)O)[C@@H](OP(=O)(O)OC[C@H]3O[C@@H](n4cnc5c(N)ncnc54)[C@H](O)[C@@H]3OC(=O)[C@@H]3CCCN3C(=O)OCc3ccc(NC(=O)Cc4ccc(F)cc4)cc3)[C@H]2O)c(=O)n1. The van der Waals surface area contributed by atoms with E-state index in [2.05, 4.69) is 29.8 Å². The van der Waals surface area contributed by atoms with Crippen molar-refractivity contribution in [2.45, 2.75) is 81.0 Å². The molecule has 6 heterocycles. The average molecular weight is 1030 g/mol. The number of halogens is 1. The fourth-order valence-corrected chi connectivity index (χ4v) is 9.29. The van der Waals surface area contributed by atoms with Gasteiger partial charge in [-0.2, -0.15) is 4.98 Å². The van der Waals surface area contributed by atoms with Crippen LogP contribution in [0.5, 0.6) is 0 Å². The maximum atomic E-state index is 14.0. The summed E-state index contributed by atoms with van der Waals surface area (Å²) in [6, 6.07) is 11.8. The van der Waals surface area contributed by atoms with Crippen LogP contribution in [-0.4, -0.2) is 139 Å². The molecule has 0 aliphatic carbocycles. The molecule has 0 spiro atoms. The van der Waals surface area contributed by atoms with Gasteiger partial charge in [-0.05, 0) is 54.3 Å². The van der Waals surface area contributed by atoms with Crippen molar-refractivity contribution < 1.29 is 85.3 Å². The summed E-state index contributed by atoms with van der Waals surface area (Å²) < 4.78 is 78.3. The van der Waals surface area contributed by atoms with Crippen molar-refractivity contribution in [3.63, 3.8) is 0 Å². The Balaban J connectivity index is 0.939. The Morgan fingerprint density at radius 1 is 0.859 bits per heavy atom. The first-order valence-electron chi connectivity index (χ1n) is 21.3. The van der Waals surface area contributed by atoms with Crippen LogP contribution in [0, 0.1) is 5.82 Å². The summed E-state index contributed by atoms with van der Waals surface area (Å²) in [6.07, 6.45) is -11.1. The number of aromatic nitrogens is 6. The second kappa shape index (κ2) is 21.2. The Morgan fingerprint density at radius 3 is 2.23 bits per heavy atom. The molecule has 3 aliphatic rings. The standard InChI is InChI=1S/C40H45FN10O18P2/c41-22-7-3-20(4-8-22)14-28(52)47-23-9-5-21(6-10-23)15-63-40(57)49-12-1-2-24(49)38(55)68-32-25(66-37(30(32)53)51-19-46-29-34(43)44-18-45-35(29)51)17-65-71(61,62)69-33-26(16-64-70(58,59)60)67-36(31(33)54)50-13-11-27(42)48-39(50)56/h3-11,13,18-19,24-26,30-33,36-37,53-54H,1-2,12,14-17H2,(H,47,52)(H,61,62)(H2,42,48,56)(H2,43,44,45)(H2,58,59,60)/t24-,25+,26?,30+,31+,32+,33+,36+,37+/m0/s1. The van der Waals surface area contributed by atoms with Crippen molar-refractivity contribution in [1.29, 1.82) is 0 Å². The third kappa shape index (κ3) is 12.1. The highest BCUT2D eigenvalue weighted by Gasteiger charge is 2.53. The highest BCUT2D eigenvalue weighted by molar-refractivity contribution is 7.47. The highest BCUT2D eigenvalue weighted by atomic mass is 31.2. The van der Waals surface area contributed by atoms with Crippen LogP contribution in [0.3, 0.4) is 0 Å². The predicted molar refractivity (Wildman–Crippen MR) is 236 cm³/mol. The minimum Gasteiger partial charge on any atom is -0.455 e. The lowest BCUT2D eigenvalue weighted by molar-refractivity contribution is -0.161. The largest absolute Gasteiger partial charge is 0.472 e. The van der Waals surface area contributed by atoms with Gasteiger partial charge < -0.3 is 60.6 Å². The quantitative estimate of drug-likeness (QED) is 0.0462. The summed E-state index contributed by atoms with van der Waals surface area (Å²) in [5.74, 6) is -2.02. The van der Waals surface area contributed by atoms with E-state index in [1.807, 2.05) is 0 Å². The summed E-state index contributed by atoms with van der Waals surface area (Å²) in [6.45, 7) is -2.18. The van der Waals surface area contributed by atoms with Crippen molar-refractivity contribution in [1.82, 2.24) is 34.0 Å². The van der Waals surface area contributed by atoms with E-state index in [9.17, 15) is 57.6 Å². The van der Waals surface area contributed by atoms with Crippen molar-refractivity contribution in [2.24, 2.45) is 0 Å². The van der Waals surface area contributed by atoms with Gasteiger partial charge in [0, 0.05) is 18.4 Å². The van der Waals surface area contributed by atoms with Crippen molar-refractivity contribution >= 4 is 62.1 Å². The number of carbonyl (C=O) groups is 3. The predicted octanol–water partition coefficient (Wildman–Crippen LogP) is 0.409. The third-order valence-corrected chi connectivity index (χ3v) is 12.8. The smallest absolute Gasteiger partial charge is 0.455 e. The number of anilines is 3. The number of ether oxygens (including phenoxy) is 4. The van der Waals surface area contributed by atoms with Crippen LogP contribution in [0.15, 0.2) is 78.2 Å². The molecule has 31 heteroatoms. The summed E-state index contributed by atoms with van der Waals surface area (Å²) in [5, 5.41) is 25.6. The summed E-state index contributed by atoms with van der Waals surface area (Å²) in [4.78, 5) is 99.0. The van der Waals surface area contributed by atoms with Gasteiger partial charge in [0.2, 0.25) is 5.91 Å². The molecule has 10 N–H and O–H groups in total. The van der Waals surface area contributed by atoms with E-state index in [-0.39, 0.29) is 54.7 Å². The zero-order valence-corrected chi connectivity index (χ0v) is 38.5. The van der Waals surface area contributed by atoms with Gasteiger partial charge in [-0.1, -0.05) is 24.3 Å². The first-order valence-corrected chi connectivity index (χ1v) is 24.3. The van der Waals surface area contributed by atoms with Crippen LogP contribution in [0.1, 0.15) is 36.4 Å². The first kappa shape index (κ1) is 51.0. The molecule has 0 bridgehead atoms. The number of nitrogen functional groups attached to an aromatic ring is 2. The van der Waals surface area contributed by atoms with Crippen LogP contribution in [0.2, 0.25) is 0 Å². The number of likely N-dealkylation sites (tertiary alicyclic amines) is 1. The minimum atomic E-state index is -5.45. The second-order valence-electron chi connectivity index (χ2n) is 16.2. The number of imidazole rings is 1. The number of aliphatic hydroxyl groups excluding tert-OH is 2.